The van der Waals surface area contributed by atoms with Crippen molar-refractivity contribution in [3.8, 4) is 0 Å². The van der Waals surface area contributed by atoms with Gasteiger partial charge in [0.05, 0.1) is 5.69 Å². The predicted octanol–water partition coefficient (Wildman–Crippen LogP) is 1.82. The van der Waals surface area contributed by atoms with Gasteiger partial charge in [-0.1, -0.05) is 11.6 Å². The minimum Gasteiger partial charge on any atom is -0.479 e. The van der Waals surface area contributed by atoms with Crippen LogP contribution in [0.5, 0.6) is 0 Å². The molecule has 0 spiro atoms. The van der Waals surface area contributed by atoms with Crippen molar-refractivity contribution in [1.82, 2.24) is 10.3 Å². The van der Waals surface area contributed by atoms with E-state index in [1.54, 1.807) is 6.07 Å². The zero-order valence-corrected chi connectivity index (χ0v) is 12.3. The van der Waals surface area contributed by atoms with Crippen LogP contribution in [0.1, 0.15) is 20.8 Å². The summed E-state index contributed by atoms with van der Waals surface area (Å²) < 4.78 is 0. The fraction of sp³-hybridized carbons (Fsp3) is 0.0667. The SMILES string of the molecule is O=C(NC1(C(=O)O)C=Nc2cc(Cl)ccc2C1=O)c1ccc[nH]1. The number of carbonyl (C=O) groups excluding carboxylic acids is 2. The molecule has 3 rings (SSSR count). The van der Waals surface area contributed by atoms with Crippen molar-refractivity contribution in [1.29, 1.82) is 0 Å². The van der Waals surface area contributed by atoms with Crippen LogP contribution in [0.3, 0.4) is 0 Å². The van der Waals surface area contributed by atoms with Gasteiger partial charge in [-0.3, -0.25) is 14.6 Å². The van der Waals surface area contributed by atoms with Crippen LogP contribution in [-0.2, 0) is 4.79 Å². The number of aromatic amines is 1. The number of carbonyl (C=O) groups is 3. The highest BCUT2D eigenvalue weighted by Crippen LogP contribution is 2.31. The van der Waals surface area contributed by atoms with E-state index in [0.717, 1.165) is 6.21 Å². The summed E-state index contributed by atoms with van der Waals surface area (Å²) in [5, 5.41) is 12.1. The number of aromatic nitrogens is 1. The van der Waals surface area contributed by atoms with Crippen molar-refractivity contribution in [2.45, 2.75) is 5.54 Å². The fourth-order valence-corrected chi connectivity index (χ4v) is 2.42. The van der Waals surface area contributed by atoms with Crippen LogP contribution in [0, 0.1) is 0 Å². The van der Waals surface area contributed by atoms with Crippen molar-refractivity contribution in [3.05, 3.63) is 52.8 Å². The Labute approximate surface area is 135 Å². The third kappa shape index (κ3) is 2.40. The topological polar surface area (TPSA) is 112 Å². The molecule has 0 saturated heterocycles. The van der Waals surface area contributed by atoms with Crippen molar-refractivity contribution in [3.63, 3.8) is 0 Å². The Morgan fingerprint density at radius 1 is 1.30 bits per heavy atom. The molecule has 1 unspecified atom stereocenters. The largest absolute Gasteiger partial charge is 0.479 e. The van der Waals surface area contributed by atoms with E-state index in [2.05, 4.69) is 15.3 Å². The van der Waals surface area contributed by atoms with Gasteiger partial charge < -0.3 is 15.4 Å². The molecule has 0 fully saturated rings. The second-order valence-corrected chi connectivity index (χ2v) is 5.34. The molecular weight excluding hydrogens is 322 g/mol. The van der Waals surface area contributed by atoms with Gasteiger partial charge in [0.1, 0.15) is 5.69 Å². The Bertz CT molecular complexity index is 844. The number of aliphatic imine (C=N–C) groups is 1. The van der Waals surface area contributed by atoms with Crippen molar-refractivity contribution in [2.24, 2.45) is 4.99 Å². The highest BCUT2D eigenvalue weighted by Gasteiger charge is 2.49. The fourth-order valence-electron chi connectivity index (χ4n) is 2.25. The molecule has 0 aliphatic carbocycles. The average Bonchev–Trinajstić information content (AvgIpc) is 3.04. The number of nitrogens with one attached hydrogen (secondary N) is 2. The summed E-state index contributed by atoms with van der Waals surface area (Å²) in [6.07, 6.45) is 2.42. The van der Waals surface area contributed by atoms with Gasteiger partial charge in [0.2, 0.25) is 11.3 Å². The molecule has 2 aromatic rings. The molecule has 2 heterocycles. The second kappa shape index (κ2) is 5.36. The van der Waals surface area contributed by atoms with E-state index < -0.39 is 23.2 Å². The van der Waals surface area contributed by atoms with Crippen LogP contribution in [0.15, 0.2) is 41.5 Å². The van der Waals surface area contributed by atoms with Crippen LogP contribution in [-0.4, -0.2) is 39.5 Å². The minimum absolute atomic E-state index is 0.0751. The molecule has 1 amide bonds. The first kappa shape index (κ1) is 15.0. The van der Waals surface area contributed by atoms with E-state index in [-0.39, 0.29) is 16.9 Å². The number of halogens is 1. The molecular formula is C15H10ClN3O4. The molecule has 7 nitrogen and oxygen atoms in total. The number of benzene rings is 1. The zero-order valence-electron chi connectivity index (χ0n) is 11.5. The Kier molecular flexibility index (Phi) is 3.49. The van der Waals surface area contributed by atoms with Crippen LogP contribution < -0.4 is 5.32 Å². The van der Waals surface area contributed by atoms with Gasteiger partial charge in [-0.05, 0) is 30.3 Å². The molecule has 1 aromatic carbocycles. The van der Waals surface area contributed by atoms with Crippen LogP contribution >= 0.6 is 11.6 Å². The van der Waals surface area contributed by atoms with E-state index in [0.29, 0.717) is 5.02 Å². The van der Waals surface area contributed by atoms with Gasteiger partial charge >= 0.3 is 5.97 Å². The summed E-state index contributed by atoms with van der Waals surface area (Å²) in [5.41, 5.74) is -1.79. The first-order valence-corrected chi connectivity index (χ1v) is 6.91. The summed E-state index contributed by atoms with van der Waals surface area (Å²) in [6.45, 7) is 0. The standard InChI is InChI=1S/C15H10ClN3O4/c16-8-3-4-9-11(6-8)18-7-15(12(9)20,14(22)23)19-13(21)10-2-1-5-17-10/h1-7,17H,(H,19,21)(H,22,23). The Morgan fingerprint density at radius 2 is 2.09 bits per heavy atom. The van der Waals surface area contributed by atoms with Gasteiger partial charge in [0.15, 0.2) is 0 Å². The molecule has 0 radical (unpaired) electrons. The number of hydrogen-bond donors (Lipinski definition) is 3. The summed E-state index contributed by atoms with van der Waals surface area (Å²) in [5.74, 6) is -3.03. The van der Waals surface area contributed by atoms with Crippen molar-refractivity contribution in [2.75, 3.05) is 0 Å². The van der Waals surface area contributed by atoms with E-state index in [1.165, 1.54) is 30.5 Å². The molecule has 0 saturated carbocycles. The number of carboxylic acid groups (broad SMARTS) is 1. The lowest BCUT2D eigenvalue weighted by Crippen LogP contribution is -2.62. The number of rotatable bonds is 3. The number of fused-ring (bicyclic) bond motifs is 1. The van der Waals surface area contributed by atoms with E-state index in [4.69, 9.17) is 11.6 Å². The van der Waals surface area contributed by atoms with E-state index in [9.17, 15) is 19.5 Å². The highest BCUT2D eigenvalue weighted by molar-refractivity contribution is 6.34. The number of nitrogens with zero attached hydrogens (tertiary/aromatic N) is 1. The lowest BCUT2D eigenvalue weighted by Gasteiger charge is -2.28. The highest BCUT2D eigenvalue weighted by atomic mass is 35.5. The Hall–Kier alpha value is -2.93. The summed E-state index contributed by atoms with van der Waals surface area (Å²) in [7, 11) is 0. The lowest BCUT2D eigenvalue weighted by molar-refractivity contribution is -0.139. The first-order chi connectivity index (χ1) is 10.9. The molecule has 1 aliphatic rings. The minimum atomic E-state index is -2.26. The normalized spacial score (nSPS) is 19.3. The van der Waals surface area contributed by atoms with Gasteiger partial charge in [-0.2, -0.15) is 0 Å². The Balaban J connectivity index is 2.03. The van der Waals surface area contributed by atoms with Crippen molar-refractivity contribution >= 4 is 41.2 Å². The van der Waals surface area contributed by atoms with Gasteiger partial charge in [0, 0.05) is 23.0 Å². The molecule has 1 aliphatic heterocycles. The smallest absolute Gasteiger partial charge is 0.343 e. The first-order valence-electron chi connectivity index (χ1n) is 6.53. The Morgan fingerprint density at radius 3 is 2.74 bits per heavy atom. The van der Waals surface area contributed by atoms with Crippen molar-refractivity contribution < 1.29 is 19.5 Å². The van der Waals surface area contributed by atoms with E-state index in [1.807, 2.05) is 0 Å². The van der Waals surface area contributed by atoms with Crippen LogP contribution in [0.25, 0.3) is 0 Å². The maximum atomic E-state index is 12.7. The number of ketones is 1. The number of hydrogen-bond acceptors (Lipinski definition) is 4. The maximum absolute atomic E-state index is 12.7. The number of Topliss-reactive ketones (excluding diaryl/α,β-unsaturated/α-hetero) is 1. The third-order valence-corrected chi connectivity index (χ3v) is 3.69. The number of carboxylic acids is 1. The average molecular weight is 332 g/mol. The van der Waals surface area contributed by atoms with Crippen LogP contribution in [0.2, 0.25) is 5.02 Å². The quantitative estimate of drug-likeness (QED) is 0.745. The zero-order chi connectivity index (χ0) is 16.6. The van der Waals surface area contributed by atoms with E-state index >= 15 is 0 Å². The molecule has 1 atom stereocenters. The monoisotopic (exact) mass is 331 g/mol. The molecule has 0 bridgehead atoms. The molecule has 1 aromatic heterocycles. The summed E-state index contributed by atoms with van der Waals surface area (Å²) in [4.78, 5) is 43.1. The predicted molar refractivity (Wildman–Crippen MR) is 82.6 cm³/mol. The third-order valence-electron chi connectivity index (χ3n) is 3.45. The number of H-pyrrole nitrogens is 1. The second-order valence-electron chi connectivity index (χ2n) is 4.90. The van der Waals surface area contributed by atoms with Gasteiger partial charge in [0.25, 0.3) is 5.91 Å². The molecule has 116 valence electrons. The maximum Gasteiger partial charge on any atom is 0.343 e. The number of amides is 1. The number of aliphatic carboxylic acids is 1. The lowest BCUT2D eigenvalue weighted by atomic mass is 9.87. The molecule has 23 heavy (non-hydrogen) atoms. The van der Waals surface area contributed by atoms with Crippen LogP contribution in [0.4, 0.5) is 5.69 Å². The summed E-state index contributed by atoms with van der Waals surface area (Å²) >= 11 is 5.83. The summed E-state index contributed by atoms with van der Waals surface area (Å²) in [6, 6.07) is 7.33. The molecule has 8 heteroatoms. The molecule has 3 N–H and O–H groups in total. The van der Waals surface area contributed by atoms with Gasteiger partial charge in [-0.15, -0.1) is 0 Å². The van der Waals surface area contributed by atoms with Gasteiger partial charge in [-0.25, -0.2) is 4.79 Å².